The van der Waals surface area contributed by atoms with Crippen LogP contribution in [0.3, 0.4) is 0 Å². The second-order valence-electron chi connectivity index (χ2n) is 3.60. The van der Waals surface area contributed by atoms with E-state index in [1.165, 1.54) is 7.11 Å². The van der Waals surface area contributed by atoms with Crippen molar-refractivity contribution in [3.8, 4) is 5.75 Å². The Morgan fingerprint density at radius 1 is 1.50 bits per heavy atom. The van der Waals surface area contributed by atoms with Crippen LogP contribution >= 0.6 is 27.5 Å². The van der Waals surface area contributed by atoms with Crippen LogP contribution in [0.5, 0.6) is 5.75 Å². The van der Waals surface area contributed by atoms with Crippen molar-refractivity contribution in [1.29, 1.82) is 0 Å². The highest BCUT2D eigenvalue weighted by Crippen LogP contribution is 2.36. The Balaban J connectivity index is 3.05. The Morgan fingerprint density at radius 2 is 2.17 bits per heavy atom. The van der Waals surface area contributed by atoms with Gasteiger partial charge in [0.25, 0.3) is 0 Å². The van der Waals surface area contributed by atoms with Crippen molar-refractivity contribution >= 4 is 39.2 Å². The first-order valence-electron chi connectivity index (χ1n) is 5.40. The Kier molecular flexibility index (Phi) is 5.75. The first-order chi connectivity index (χ1) is 8.53. The van der Waals surface area contributed by atoms with Crippen LogP contribution in [0.4, 0.5) is 5.69 Å². The number of carbonyl (C=O) groups excluding carboxylic acids is 1. The summed E-state index contributed by atoms with van der Waals surface area (Å²) >= 11 is 9.34. The summed E-state index contributed by atoms with van der Waals surface area (Å²) < 4.78 is 10.7. The van der Waals surface area contributed by atoms with Crippen LogP contribution < -0.4 is 10.1 Å². The van der Waals surface area contributed by atoms with Crippen molar-refractivity contribution < 1.29 is 14.3 Å². The Hall–Kier alpha value is -0.940. The quantitative estimate of drug-likeness (QED) is 0.836. The fraction of sp³-hybridized carbons (Fsp3) is 0.417. The molecule has 0 aliphatic rings. The normalized spacial score (nSPS) is 11.8. The van der Waals surface area contributed by atoms with Crippen LogP contribution in [0.1, 0.15) is 13.3 Å². The van der Waals surface area contributed by atoms with E-state index >= 15 is 0 Å². The Labute approximate surface area is 120 Å². The van der Waals surface area contributed by atoms with Gasteiger partial charge in [0, 0.05) is 5.02 Å². The molecule has 0 saturated heterocycles. The number of benzene rings is 1. The minimum Gasteiger partial charge on any atom is -0.493 e. The number of hydrogen-bond acceptors (Lipinski definition) is 4. The molecular weight excluding hydrogens is 321 g/mol. The number of carbonyl (C=O) groups is 1. The lowest BCUT2D eigenvalue weighted by Crippen LogP contribution is -2.30. The van der Waals surface area contributed by atoms with E-state index in [-0.39, 0.29) is 5.97 Å². The molecule has 0 spiro atoms. The van der Waals surface area contributed by atoms with E-state index in [1.807, 2.05) is 6.92 Å². The predicted octanol–water partition coefficient (Wildman–Crippen LogP) is 3.47. The largest absolute Gasteiger partial charge is 0.493 e. The molecule has 1 unspecified atom stereocenters. The summed E-state index contributed by atoms with van der Waals surface area (Å²) in [5, 5.41) is 3.61. The highest BCUT2D eigenvalue weighted by molar-refractivity contribution is 9.10. The number of rotatable bonds is 5. The topological polar surface area (TPSA) is 47.6 Å². The molecule has 4 nitrogen and oxygen atoms in total. The minimum absolute atomic E-state index is 0.323. The molecule has 0 heterocycles. The number of hydrogen-bond donors (Lipinski definition) is 1. The van der Waals surface area contributed by atoms with Gasteiger partial charge in [-0.1, -0.05) is 18.5 Å². The monoisotopic (exact) mass is 335 g/mol. The van der Waals surface area contributed by atoms with Crippen molar-refractivity contribution in [3.05, 3.63) is 21.6 Å². The van der Waals surface area contributed by atoms with Crippen molar-refractivity contribution in [2.24, 2.45) is 0 Å². The maximum Gasteiger partial charge on any atom is 0.328 e. The molecule has 0 aromatic heterocycles. The number of esters is 1. The standard InChI is InChI=1S/C12H15BrClNO3/c1-4-9(12(16)18-3)15-10-6-7(14)5-8(13)11(10)17-2/h5-6,9,15H,4H2,1-3H3. The fourth-order valence-corrected chi connectivity index (χ4v) is 2.50. The maximum absolute atomic E-state index is 11.5. The van der Waals surface area contributed by atoms with Gasteiger partial charge in [-0.25, -0.2) is 4.79 Å². The zero-order chi connectivity index (χ0) is 13.7. The van der Waals surface area contributed by atoms with Crippen LogP contribution in [0.25, 0.3) is 0 Å². The number of ether oxygens (including phenoxy) is 2. The van der Waals surface area contributed by atoms with Gasteiger partial charge in [0.15, 0.2) is 5.75 Å². The molecule has 6 heteroatoms. The summed E-state index contributed by atoms with van der Waals surface area (Å²) in [6.45, 7) is 1.89. The van der Waals surface area contributed by atoms with E-state index in [2.05, 4.69) is 21.2 Å². The van der Waals surface area contributed by atoms with E-state index in [1.54, 1.807) is 19.2 Å². The number of anilines is 1. The van der Waals surface area contributed by atoms with Gasteiger partial charge in [-0.05, 0) is 34.5 Å². The lowest BCUT2D eigenvalue weighted by Gasteiger charge is -2.19. The second-order valence-corrected chi connectivity index (χ2v) is 4.89. The van der Waals surface area contributed by atoms with Crippen molar-refractivity contribution in [3.63, 3.8) is 0 Å². The highest BCUT2D eigenvalue weighted by atomic mass is 79.9. The number of nitrogens with one attached hydrogen (secondary N) is 1. The van der Waals surface area contributed by atoms with Gasteiger partial charge in [0.2, 0.25) is 0 Å². The van der Waals surface area contributed by atoms with Gasteiger partial charge in [-0.3, -0.25) is 0 Å². The molecule has 1 rings (SSSR count). The molecule has 1 N–H and O–H groups in total. The molecule has 18 heavy (non-hydrogen) atoms. The Morgan fingerprint density at radius 3 is 2.67 bits per heavy atom. The molecule has 1 aromatic carbocycles. The molecular formula is C12H15BrClNO3. The van der Waals surface area contributed by atoms with Gasteiger partial charge in [-0.15, -0.1) is 0 Å². The summed E-state index contributed by atoms with van der Waals surface area (Å²) in [5.41, 5.74) is 0.647. The lowest BCUT2D eigenvalue weighted by atomic mass is 10.2. The van der Waals surface area contributed by atoms with Crippen molar-refractivity contribution in [1.82, 2.24) is 0 Å². The minimum atomic E-state index is -0.436. The lowest BCUT2D eigenvalue weighted by molar-refractivity contribution is -0.141. The zero-order valence-electron chi connectivity index (χ0n) is 10.4. The molecule has 0 radical (unpaired) electrons. The third-order valence-corrected chi connectivity index (χ3v) is 3.24. The molecule has 1 aromatic rings. The average Bonchev–Trinajstić information content (AvgIpc) is 2.34. The number of halogens is 2. The SMILES string of the molecule is CCC(Nc1cc(Cl)cc(Br)c1OC)C(=O)OC. The molecule has 0 fully saturated rings. The van der Waals surface area contributed by atoms with E-state index < -0.39 is 6.04 Å². The van der Waals surface area contributed by atoms with Gasteiger partial charge in [-0.2, -0.15) is 0 Å². The molecule has 0 saturated carbocycles. The van der Waals surface area contributed by atoms with Crippen LogP contribution in [0, 0.1) is 0 Å². The summed E-state index contributed by atoms with van der Waals surface area (Å²) in [6.07, 6.45) is 0.597. The van der Waals surface area contributed by atoms with Crippen molar-refractivity contribution in [2.75, 3.05) is 19.5 Å². The maximum atomic E-state index is 11.5. The van der Waals surface area contributed by atoms with Gasteiger partial charge < -0.3 is 14.8 Å². The van der Waals surface area contributed by atoms with Crippen LogP contribution in [0.15, 0.2) is 16.6 Å². The third kappa shape index (κ3) is 3.53. The van der Waals surface area contributed by atoms with Gasteiger partial charge in [0.1, 0.15) is 6.04 Å². The number of methoxy groups -OCH3 is 2. The molecule has 1 atom stereocenters. The van der Waals surface area contributed by atoms with Crippen LogP contribution in [-0.2, 0) is 9.53 Å². The van der Waals surface area contributed by atoms with E-state index in [0.717, 1.165) is 4.47 Å². The average molecular weight is 337 g/mol. The highest BCUT2D eigenvalue weighted by Gasteiger charge is 2.19. The first-order valence-corrected chi connectivity index (χ1v) is 6.58. The predicted molar refractivity (Wildman–Crippen MR) is 75.4 cm³/mol. The van der Waals surface area contributed by atoms with E-state index in [0.29, 0.717) is 22.9 Å². The Bertz CT molecular complexity index is 440. The van der Waals surface area contributed by atoms with E-state index in [9.17, 15) is 4.79 Å². The fourth-order valence-electron chi connectivity index (χ4n) is 1.53. The van der Waals surface area contributed by atoms with Gasteiger partial charge >= 0.3 is 5.97 Å². The smallest absolute Gasteiger partial charge is 0.328 e. The molecule has 0 amide bonds. The third-order valence-electron chi connectivity index (χ3n) is 2.44. The first kappa shape index (κ1) is 15.1. The molecule has 100 valence electrons. The van der Waals surface area contributed by atoms with Crippen LogP contribution in [-0.4, -0.2) is 26.2 Å². The van der Waals surface area contributed by atoms with Crippen molar-refractivity contribution in [2.45, 2.75) is 19.4 Å². The molecule has 0 bridgehead atoms. The second kappa shape index (κ2) is 6.85. The molecule has 0 aliphatic carbocycles. The van der Waals surface area contributed by atoms with Crippen LogP contribution in [0.2, 0.25) is 5.02 Å². The zero-order valence-corrected chi connectivity index (χ0v) is 12.8. The summed E-state index contributed by atoms with van der Waals surface area (Å²) in [7, 11) is 2.91. The summed E-state index contributed by atoms with van der Waals surface area (Å²) in [5.74, 6) is 0.275. The molecule has 0 aliphatic heterocycles. The van der Waals surface area contributed by atoms with Gasteiger partial charge in [0.05, 0.1) is 24.4 Å². The summed E-state index contributed by atoms with van der Waals surface area (Å²) in [6, 6.07) is 3.00. The summed E-state index contributed by atoms with van der Waals surface area (Å²) in [4.78, 5) is 11.5. The van der Waals surface area contributed by atoms with E-state index in [4.69, 9.17) is 21.1 Å².